The van der Waals surface area contributed by atoms with Gasteiger partial charge in [-0.2, -0.15) is 0 Å². The van der Waals surface area contributed by atoms with E-state index in [0.717, 1.165) is 36.3 Å². The zero-order valence-electron chi connectivity index (χ0n) is 21.7. The van der Waals surface area contributed by atoms with Crippen LogP contribution < -0.4 is 15.4 Å². The molecule has 0 aliphatic carbocycles. The van der Waals surface area contributed by atoms with Gasteiger partial charge in [0.05, 0.1) is 24.7 Å². The second-order valence-corrected chi connectivity index (χ2v) is 10.4. The molecule has 3 aliphatic heterocycles. The van der Waals surface area contributed by atoms with Crippen molar-refractivity contribution in [3.8, 4) is 5.75 Å². The monoisotopic (exact) mass is 549 g/mol. The van der Waals surface area contributed by atoms with Gasteiger partial charge in [0.15, 0.2) is 5.17 Å². The Morgan fingerprint density at radius 3 is 2.72 bits per heavy atom. The number of benzene rings is 2. The van der Waals surface area contributed by atoms with E-state index in [0.29, 0.717) is 29.8 Å². The van der Waals surface area contributed by atoms with Crippen molar-refractivity contribution in [3.63, 3.8) is 0 Å². The van der Waals surface area contributed by atoms with Crippen LogP contribution in [-0.2, 0) is 25.7 Å². The molecule has 2 aromatic carbocycles. The molecule has 2 N–H and O–H groups in total. The van der Waals surface area contributed by atoms with Crippen molar-refractivity contribution in [1.29, 1.82) is 0 Å². The van der Waals surface area contributed by atoms with Crippen LogP contribution in [0.1, 0.15) is 36.8 Å². The summed E-state index contributed by atoms with van der Waals surface area (Å²) in [5.41, 5.74) is 2.40. The molecule has 11 heteroatoms. The molecular weight excluding hydrogens is 518 g/mol. The number of amides is 3. The summed E-state index contributed by atoms with van der Waals surface area (Å²) in [7, 11) is 1.60. The highest BCUT2D eigenvalue weighted by Crippen LogP contribution is 2.34. The average molecular weight is 550 g/mol. The molecule has 204 valence electrons. The fraction of sp³-hybridized carbons (Fsp3) is 0.393. The van der Waals surface area contributed by atoms with Crippen molar-refractivity contribution in [2.45, 2.75) is 44.4 Å². The van der Waals surface area contributed by atoms with Crippen molar-refractivity contribution >= 4 is 46.2 Å². The molecule has 0 saturated carbocycles. The number of para-hydroxylation sites is 1. The lowest BCUT2D eigenvalue weighted by atomic mass is 10.1. The van der Waals surface area contributed by atoms with Gasteiger partial charge in [0.2, 0.25) is 11.8 Å². The van der Waals surface area contributed by atoms with Gasteiger partial charge in [0.25, 0.3) is 5.91 Å². The average Bonchev–Trinajstić information content (AvgIpc) is 3.61. The zero-order valence-corrected chi connectivity index (χ0v) is 22.5. The van der Waals surface area contributed by atoms with E-state index in [4.69, 9.17) is 14.5 Å². The molecule has 3 amide bonds. The van der Waals surface area contributed by atoms with Crippen LogP contribution in [0.15, 0.2) is 58.5 Å². The summed E-state index contributed by atoms with van der Waals surface area (Å²) >= 11 is 1.20. The molecule has 2 aromatic rings. The molecule has 0 bridgehead atoms. The minimum absolute atomic E-state index is 0.0610. The molecule has 0 spiro atoms. The molecule has 3 aliphatic rings. The van der Waals surface area contributed by atoms with Gasteiger partial charge in [-0.05, 0) is 49.1 Å². The van der Waals surface area contributed by atoms with E-state index in [9.17, 15) is 14.4 Å². The van der Waals surface area contributed by atoms with Gasteiger partial charge in [-0.25, -0.2) is 9.89 Å². The van der Waals surface area contributed by atoms with Crippen molar-refractivity contribution in [2.75, 3.05) is 26.0 Å². The summed E-state index contributed by atoms with van der Waals surface area (Å²) < 4.78 is 10.7. The topological polar surface area (TPSA) is 122 Å². The van der Waals surface area contributed by atoms with Crippen LogP contribution in [0, 0.1) is 0 Å². The largest absolute Gasteiger partial charge is 0.497 e. The van der Waals surface area contributed by atoms with Crippen LogP contribution in [0.2, 0.25) is 0 Å². The number of nitrogens with one attached hydrogen (secondary N) is 2. The van der Waals surface area contributed by atoms with E-state index in [1.165, 1.54) is 16.7 Å². The number of thioether (sulfide) groups is 1. The van der Waals surface area contributed by atoms with Gasteiger partial charge in [0, 0.05) is 31.7 Å². The molecule has 2 atom stereocenters. The number of rotatable bonds is 10. The Balaban J connectivity index is 1.19. The van der Waals surface area contributed by atoms with Gasteiger partial charge in [-0.3, -0.25) is 19.4 Å². The van der Waals surface area contributed by atoms with E-state index in [1.807, 2.05) is 48.5 Å². The minimum atomic E-state index is -0.697. The second-order valence-electron chi connectivity index (χ2n) is 9.44. The highest BCUT2D eigenvalue weighted by atomic mass is 32.2. The van der Waals surface area contributed by atoms with Crippen LogP contribution in [-0.4, -0.2) is 71.8 Å². The van der Waals surface area contributed by atoms with Crippen LogP contribution in [0.5, 0.6) is 5.75 Å². The molecule has 1 fully saturated rings. The van der Waals surface area contributed by atoms with E-state index in [-0.39, 0.29) is 42.4 Å². The molecule has 0 aromatic heterocycles. The summed E-state index contributed by atoms with van der Waals surface area (Å²) in [6.07, 6.45) is 2.45. The Morgan fingerprint density at radius 2 is 1.95 bits per heavy atom. The van der Waals surface area contributed by atoms with Crippen LogP contribution in [0.3, 0.4) is 0 Å². The summed E-state index contributed by atoms with van der Waals surface area (Å²) in [6.45, 7) is 1.60. The number of amidine groups is 2. The van der Waals surface area contributed by atoms with Crippen LogP contribution in [0.4, 0.5) is 5.69 Å². The van der Waals surface area contributed by atoms with Crippen LogP contribution >= 0.6 is 11.8 Å². The normalized spacial score (nSPS) is 19.6. The molecule has 1 saturated heterocycles. The number of carbonyl (C=O) groups excluding carboxylic acids is 3. The first-order valence-corrected chi connectivity index (χ1v) is 14.0. The molecule has 5 rings (SSSR count). The van der Waals surface area contributed by atoms with Gasteiger partial charge >= 0.3 is 0 Å². The summed E-state index contributed by atoms with van der Waals surface area (Å²) in [5.74, 6) is 0.832. The highest BCUT2D eigenvalue weighted by molar-refractivity contribution is 8.14. The van der Waals surface area contributed by atoms with E-state index in [2.05, 4.69) is 15.6 Å². The third kappa shape index (κ3) is 6.48. The maximum atomic E-state index is 13.4. The smallest absolute Gasteiger partial charge is 0.259 e. The van der Waals surface area contributed by atoms with E-state index >= 15 is 0 Å². The predicted octanol–water partition coefficient (Wildman–Crippen LogP) is 2.78. The summed E-state index contributed by atoms with van der Waals surface area (Å²) in [6, 6.07) is 14.2. The Bertz CT molecular complexity index is 1290. The Hall–Kier alpha value is -3.70. The minimum Gasteiger partial charge on any atom is -0.497 e. The highest BCUT2D eigenvalue weighted by Gasteiger charge is 2.41. The lowest BCUT2D eigenvalue weighted by molar-refractivity contribution is -0.125. The van der Waals surface area contributed by atoms with Crippen LogP contribution in [0.25, 0.3) is 0 Å². The number of hydrogen-bond acceptors (Lipinski definition) is 8. The third-order valence-corrected chi connectivity index (χ3v) is 7.66. The standard InChI is InChI=1S/C28H31N5O5S/c1-37-19-10-8-18(9-11-19)15-29-24(34)13-12-23-27(36)33-26(31-23)21-6-2-3-7-22(21)32-28(33)39-17-25(35)30-16-20-5-4-14-38-20/h2-3,6-11,20,23H,4-5,12-17H2,1H3,(H,29,34)(H,30,35)/t20-,23-/m1/s1. The van der Waals surface area contributed by atoms with E-state index in [1.54, 1.807) is 7.11 Å². The summed E-state index contributed by atoms with van der Waals surface area (Å²) in [5, 5.41) is 6.21. The number of carbonyl (C=O) groups is 3. The van der Waals surface area contributed by atoms with Crippen molar-refractivity contribution in [3.05, 3.63) is 59.7 Å². The number of fused-ring (bicyclic) bond motifs is 3. The SMILES string of the molecule is COc1ccc(CNC(=O)CC[C@H]2N=C3c4ccccc4N=C(SCC(=O)NC[C@H]4CCCO4)N3C2=O)cc1. The molecule has 39 heavy (non-hydrogen) atoms. The molecule has 10 nitrogen and oxygen atoms in total. The van der Waals surface area contributed by atoms with E-state index < -0.39 is 6.04 Å². The summed E-state index contributed by atoms with van der Waals surface area (Å²) in [4.78, 5) is 49.3. The molecule has 0 radical (unpaired) electrons. The van der Waals surface area contributed by atoms with Crippen molar-refractivity contribution < 1.29 is 23.9 Å². The lowest BCUT2D eigenvalue weighted by Gasteiger charge is -2.25. The van der Waals surface area contributed by atoms with Gasteiger partial charge in [-0.1, -0.05) is 36.0 Å². The number of methoxy groups -OCH3 is 1. The van der Waals surface area contributed by atoms with Crippen molar-refractivity contribution in [2.24, 2.45) is 9.98 Å². The maximum absolute atomic E-state index is 13.4. The van der Waals surface area contributed by atoms with Gasteiger partial charge in [0.1, 0.15) is 17.6 Å². The first kappa shape index (κ1) is 26.9. The number of ether oxygens (including phenoxy) is 2. The van der Waals surface area contributed by atoms with Gasteiger partial charge in [-0.15, -0.1) is 0 Å². The lowest BCUT2D eigenvalue weighted by Crippen LogP contribution is -2.42. The Labute approximate surface area is 231 Å². The third-order valence-electron chi connectivity index (χ3n) is 6.72. The predicted molar refractivity (Wildman–Crippen MR) is 149 cm³/mol. The molecular formula is C28H31N5O5S. The fourth-order valence-corrected chi connectivity index (χ4v) is 5.43. The zero-order chi connectivity index (χ0) is 27.2. The van der Waals surface area contributed by atoms with Gasteiger partial charge < -0.3 is 20.1 Å². The Morgan fingerprint density at radius 1 is 1.13 bits per heavy atom. The number of nitrogens with zero attached hydrogens (tertiary/aromatic N) is 3. The maximum Gasteiger partial charge on any atom is 0.259 e. The first-order chi connectivity index (χ1) is 19.0. The molecule has 0 unspecified atom stereocenters. The molecule has 3 heterocycles. The fourth-order valence-electron chi connectivity index (χ4n) is 4.60. The number of aliphatic imine (C=N–C) groups is 2. The Kier molecular flexibility index (Phi) is 8.58. The number of hydrogen-bond donors (Lipinski definition) is 2. The first-order valence-electron chi connectivity index (χ1n) is 13.0. The second kappa shape index (κ2) is 12.4. The van der Waals surface area contributed by atoms with Crippen molar-refractivity contribution in [1.82, 2.24) is 15.5 Å². The quantitative estimate of drug-likeness (QED) is 0.470.